The fourth-order valence-corrected chi connectivity index (χ4v) is 4.79. The molecule has 0 fully saturated rings. The molecule has 0 saturated heterocycles. The summed E-state index contributed by atoms with van der Waals surface area (Å²) in [5.74, 6) is -0.506. The second-order valence-electron chi connectivity index (χ2n) is 7.52. The van der Waals surface area contributed by atoms with Gasteiger partial charge in [-0.25, -0.2) is 18.7 Å². The van der Waals surface area contributed by atoms with Gasteiger partial charge in [0.15, 0.2) is 17.5 Å². The van der Waals surface area contributed by atoms with Crippen LogP contribution in [0, 0.1) is 11.6 Å². The topological polar surface area (TPSA) is 128 Å². The van der Waals surface area contributed by atoms with Gasteiger partial charge in [0, 0.05) is 27.6 Å². The van der Waals surface area contributed by atoms with Crippen molar-refractivity contribution in [1.82, 2.24) is 35.3 Å². The normalized spacial score (nSPS) is 11.6. The van der Waals surface area contributed by atoms with E-state index in [0.717, 1.165) is 11.6 Å². The molecule has 0 radical (unpaired) electrons. The molecule has 0 bridgehead atoms. The van der Waals surface area contributed by atoms with Crippen LogP contribution in [-0.2, 0) is 4.43 Å². The third kappa shape index (κ3) is 3.21. The largest absolute Gasteiger partial charge is 0.322 e. The number of hydrogen-bond donors (Lipinski definition) is 4. The van der Waals surface area contributed by atoms with Gasteiger partial charge in [-0.2, -0.15) is 5.10 Å². The third-order valence-corrected chi connectivity index (χ3v) is 6.31. The molecule has 168 valence electrons. The van der Waals surface area contributed by atoms with Crippen LogP contribution in [0.25, 0.3) is 44.1 Å². The minimum atomic E-state index is -0.746. The van der Waals surface area contributed by atoms with Crippen LogP contribution in [-0.4, -0.2) is 35.3 Å². The first kappa shape index (κ1) is 20.7. The lowest BCUT2D eigenvalue weighted by atomic mass is 10.0. The molecule has 0 saturated carbocycles. The molecule has 0 aliphatic rings. The highest BCUT2D eigenvalue weighted by molar-refractivity contribution is 14.1. The average molecular weight is 570 g/mol. The van der Waals surface area contributed by atoms with Crippen LogP contribution >= 0.6 is 22.6 Å². The van der Waals surface area contributed by atoms with Crippen LogP contribution < -0.4 is 10.9 Å². The van der Waals surface area contributed by atoms with E-state index in [1.165, 1.54) is 6.07 Å². The number of nitrogens with zero attached hydrogens (tertiary/aromatic N) is 4. The third-order valence-electron chi connectivity index (χ3n) is 5.55. The van der Waals surface area contributed by atoms with Crippen LogP contribution in [0.1, 0.15) is 5.56 Å². The van der Waals surface area contributed by atoms with Crippen molar-refractivity contribution in [2.24, 2.45) is 0 Å². The Morgan fingerprint density at radius 3 is 2.76 bits per heavy atom. The second kappa shape index (κ2) is 7.83. The van der Waals surface area contributed by atoms with Gasteiger partial charge in [0.25, 0.3) is 5.56 Å². The summed E-state index contributed by atoms with van der Waals surface area (Å²) in [7, 11) is 0. The number of H-pyrrole nitrogens is 3. The summed E-state index contributed by atoms with van der Waals surface area (Å²) in [6.07, 6.45) is 3.19. The first-order valence-corrected chi connectivity index (χ1v) is 11.6. The van der Waals surface area contributed by atoms with Gasteiger partial charge in [-0.05, 0) is 29.8 Å². The highest BCUT2D eigenvalue weighted by Gasteiger charge is 2.18. The Bertz CT molecular complexity index is 1790. The second-order valence-corrected chi connectivity index (χ2v) is 8.29. The van der Waals surface area contributed by atoms with Crippen LogP contribution in [0.4, 0.5) is 20.4 Å². The van der Waals surface area contributed by atoms with Crippen molar-refractivity contribution in [2.75, 3.05) is 5.32 Å². The summed E-state index contributed by atoms with van der Waals surface area (Å²) >= 11 is 2.19. The zero-order valence-corrected chi connectivity index (χ0v) is 19.2. The fourth-order valence-electron chi connectivity index (χ4n) is 4.00. The Morgan fingerprint density at radius 2 is 1.91 bits per heavy atom. The standard InChI is InChI=1S/C22H13F2IN8O/c23-9-5-12-18(14(24)6-9)31-32-21(12)29-20-11-3-4-26-8-16(11)27-19(28-20)10-1-2-15-17(13(10)7-25)22(34)33-30-15/h1-6,8H,7H2,(H2,30,33,34)(H2,27,28,29,31,32). The number of rotatable bonds is 4. The number of halogens is 3. The van der Waals surface area contributed by atoms with Gasteiger partial charge >= 0.3 is 0 Å². The molecule has 34 heavy (non-hydrogen) atoms. The lowest BCUT2D eigenvalue weighted by Gasteiger charge is -2.12. The number of aromatic nitrogens is 7. The summed E-state index contributed by atoms with van der Waals surface area (Å²) in [5.41, 5.74) is 2.56. The van der Waals surface area contributed by atoms with Crippen molar-refractivity contribution in [3.05, 3.63) is 70.3 Å². The number of fused-ring (bicyclic) bond motifs is 3. The van der Waals surface area contributed by atoms with Crippen LogP contribution in [0.15, 0.2) is 47.5 Å². The van der Waals surface area contributed by atoms with Crippen molar-refractivity contribution < 1.29 is 8.78 Å². The zero-order valence-electron chi connectivity index (χ0n) is 17.1. The van der Waals surface area contributed by atoms with Gasteiger partial charge in [0.1, 0.15) is 17.2 Å². The minimum absolute atomic E-state index is 0.0773. The van der Waals surface area contributed by atoms with E-state index in [1.807, 2.05) is 6.07 Å². The van der Waals surface area contributed by atoms with Gasteiger partial charge < -0.3 is 5.32 Å². The van der Waals surface area contributed by atoms with E-state index < -0.39 is 11.6 Å². The molecule has 6 rings (SSSR count). The average Bonchev–Trinajstić information content (AvgIpc) is 3.42. The van der Waals surface area contributed by atoms with Gasteiger partial charge in [-0.1, -0.05) is 22.6 Å². The predicted octanol–water partition coefficient (Wildman–Crippen LogP) is 4.69. The van der Waals surface area contributed by atoms with Gasteiger partial charge in [-0.3, -0.25) is 25.1 Å². The van der Waals surface area contributed by atoms with E-state index in [0.29, 0.717) is 43.4 Å². The summed E-state index contributed by atoms with van der Waals surface area (Å²) in [6.45, 7) is 0. The molecular formula is C22H13F2IN8O. The maximum absolute atomic E-state index is 14.2. The van der Waals surface area contributed by atoms with Gasteiger partial charge in [0.2, 0.25) is 0 Å². The number of anilines is 2. The molecule has 0 aliphatic carbocycles. The fraction of sp³-hybridized carbons (Fsp3) is 0.0455. The predicted molar refractivity (Wildman–Crippen MR) is 132 cm³/mol. The van der Waals surface area contributed by atoms with Gasteiger partial charge in [0.05, 0.1) is 28.0 Å². The van der Waals surface area contributed by atoms with Crippen LogP contribution in [0.5, 0.6) is 0 Å². The monoisotopic (exact) mass is 570 g/mol. The molecule has 0 unspecified atom stereocenters. The van der Waals surface area contributed by atoms with E-state index in [9.17, 15) is 13.6 Å². The Hall–Kier alpha value is -3.94. The highest BCUT2D eigenvalue weighted by atomic mass is 127. The number of benzene rings is 2. The number of nitrogens with one attached hydrogen (secondary N) is 4. The quantitative estimate of drug-likeness (QED) is 0.180. The molecule has 0 atom stereocenters. The van der Waals surface area contributed by atoms with Crippen LogP contribution in [0.2, 0.25) is 0 Å². The Morgan fingerprint density at radius 1 is 1.03 bits per heavy atom. The number of alkyl halides is 1. The lowest BCUT2D eigenvalue weighted by molar-refractivity contribution is 0.590. The van der Waals surface area contributed by atoms with E-state index in [1.54, 1.807) is 24.5 Å². The summed E-state index contributed by atoms with van der Waals surface area (Å²) in [6, 6.07) is 7.34. The number of pyridine rings is 1. The molecule has 0 spiro atoms. The summed E-state index contributed by atoms with van der Waals surface area (Å²) < 4.78 is 28.6. The first-order valence-electron chi connectivity index (χ1n) is 10.0. The molecule has 0 amide bonds. The summed E-state index contributed by atoms with van der Waals surface area (Å²) in [4.78, 5) is 25.9. The molecule has 2 aromatic carbocycles. The Balaban J connectivity index is 1.57. The van der Waals surface area contributed by atoms with Gasteiger partial charge in [-0.15, -0.1) is 0 Å². The number of hydrogen-bond acceptors (Lipinski definition) is 6. The highest BCUT2D eigenvalue weighted by Crippen LogP contribution is 2.33. The lowest BCUT2D eigenvalue weighted by Crippen LogP contribution is -2.04. The van der Waals surface area contributed by atoms with Crippen molar-refractivity contribution in [3.8, 4) is 11.4 Å². The SMILES string of the molecule is O=c1[nH][nH]c2ccc(-c3nc(Nc4n[nH]c5c(F)cc(F)cc45)c4ccncc4n3)c(CI)c12. The van der Waals surface area contributed by atoms with E-state index >= 15 is 0 Å². The maximum Gasteiger partial charge on any atom is 0.272 e. The molecule has 9 nitrogen and oxygen atoms in total. The molecule has 4 N–H and O–H groups in total. The molecule has 6 aromatic rings. The molecule has 12 heteroatoms. The Kier molecular flexibility index (Phi) is 4.76. The van der Waals surface area contributed by atoms with Crippen molar-refractivity contribution >= 4 is 66.9 Å². The van der Waals surface area contributed by atoms with Crippen molar-refractivity contribution in [2.45, 2.75) is 4.43 Å². The summed E-state index contributed by atoms with van der Waals surface area (Å²) in [5, 5.41) is 16.7. The minimum Gasteiger partial charge on any atom is -0.322 e. The van der Waals surface area contributed by atoms with E-state index in [4.69, 9.17) is 4.98 Å². The molecule has 4 heterocycles. The van der Waals surface area contributed by atoms with Crippen LogP contribution in [0.3, 0.4) is 0 Å². The molecule has 0 aliphatic heterocycles. The van der Waals surface area contributed by atoms with Crippen molar-refractivity contribution in [3.63, 3.8) is 0 Å². The molecule has 4 aromatic heterocycles. The Labute approximate surface area is 202 Å². The maximum atomic E-state index is 14.2. The smallest absolute Gasteiger partial charge is 0.272 e. The van der Waals surface area contributed by atoms with E-state index in [-0.39, 0.29) is 22.3 Å². The number of aromatic amines is 3. The zero-order chi connectivity index (χ0) is 23.4. The molecular weight excluding hydrogens is 557 g/mol. The first-order chi connectivity index (χ1) is 16.5. The van der Waals surface area contributed by atoms with Crippen molar-refractivity contribution in [1.29, 1.82) is 0 Å². The van der Waals surface area contributed by atoms with E-state index in [2.05, 4.69) is 58.3 Å².